The Labute approximate surface area is 125 Å². The highest BCUT2D eigenvalue weighted by Gasteiger charge is 2.39. The van der Waals surface area contributed by atoms with Gasteiger partial charge in [0.25, 0.3) is 0 Å². The highest BCUT2D eigenvalue weighted by Crippen LogP contribution is 2.36. The van der Waals surface area contributed by atoms with Gasteiger partial charge >= 0.3 is 0 Å². The van der Waals surface area contributed by atoms with Gasteiger partial charge in [-0.05, 0) is 45.4 Å². The van der Waals surface area contributed by atoms with Crippen molar-refractivity contribution in [1.82, 2.24) is 10.2 Å². The number of piperazine rings is 1. The van der Waals surface area contributed by atoms with Crippen molar-refractivity contribution in [1.29, 1.82) is 0 Å². The fourth-order valence-corrected chi connectivity index (χ4v) is 3.19. The van der Waals surface area contributed by atoms with E-state index in [1.165, 1.54) is 32.4 Å². The normalized spacial score (nSPS) is 30.4. The van der Waals surface area contributed by atoms with E-state index in [2.05, 4.69) is 44.8 Å². The molecule has 1 aliphatic heterocycles. The fraction of sp³-hybridized carbons (Fsp3) is 1.00. The lowest BCUT2D eigenvalue weighted by Gasteiger charge is -2.43. The van der Waals surface area contributed by atoms with Crippen molar-refractivity contribution in [3.05, 3.63) is 0 Å². The topological polar surface area (TPSA) is 24.5 Å². The summed E-state index contributed by atoms with van der Waals surface area (Å²) in [5.74, 6) is 1.70. The van der Waals surface area contributed by atoms with Crippen LogP contribution in [0.15, 0.2) is 0 Å². The van der Waals surface area contributed by atoms with Crippen molar-refractivity contribution in [2.24, 2.45) is 11.8 Å². The van der Waals surface area contributed by atoms with Crippen LogP contribution in [-0.4, -0.2) is 48.8 Å². The molecule has 1 aliphatic carbocycles. The molecule has 1 N–H and O–H groups in total. The summed E-state index contributed by atoms with van der Waals surface area (Å²) in [6, 6.07) is 1.41. The smallest absolute Gasteiger partial charge is 0.0600 e. The van der Waals surface area contributed by atoms with Crippen LogP contribution >= 0.6 is 0 Å². The Morgan fingerprint density at radius 3 is 2.55 bits per heavy atom. The molecule has 0 bridgehead atoms. The highest BCUT2D eigenvalue weighted by molar-refractivity contribution is 4.96. The lowest BCUT2D eigenvalue weighted by Crippen LogP contribution is -2.59. The van der Waals surface area contributed by atoms with Crippen LogP contribution in [0.3, 0.4) is 0 Å². The predicted octanol–water partition coefficient (Wildman–Crippen LogP) is 2.90. The number of ether oxygens (including phenoxy) is 1. The van der Waals surface area contributed by atoms with Gasteiger partial charge in [0.15, 0.2) is 0 Å². The molecule has 20 heavy (non-hydrogen) atoms. The molecule has 0 aromatic carbocycles. The van der Waals surface area contributed by atoms with Crippen molar-refractivity contribution in [3.8, 4) is 0 Å². The fourth-order valence-electron chi connectivity index (χ4n) is 3.19. The largest absolute Gasteiger partial charge is 0.375 e. The Hall–Kier alpha value is -0.120. The van der Waals surface area contributed by atoms with E-state index in [4.69, 9.17) is 4.74 Å². The minimum Gasteiger partial charge on any atom is -0.375 e. The predicted molar refractivity (Wildman–Crippen MR) is 85.0 cm³/mol. The van der Waals surface area contributed by atoms with E-state index < -0.39 is 0 Å². The molecule has 0 aromatic heterocycles. The van der Waals surface area contributed by atoms with Crippen LogP contribution in [0.2, 0.25) is 0 Å². The zero-order chi connectivity index (χ0) is 14.8. The lowest BCUT2D eigenvalue weighted by molar-refractivity contribution is -0.0255. The second-order valence-electron chi connectivity index (χ2n) is 7.76. The molecule has 2 rings (SSSR count). The minimum absolute atomic E-state index is 0.0147. The maximum atomic E-state index is 5.94. The molecule has 0 spiro atoms. The van der Waals surface area contributed by atoms with E-state index in [0.717, 1.165) is 31.0 Å². The molecule has 118 valence electrons. The Morgan fingerprint density at radius 1 is 1.30 bits per heavy atom. The summed E-state index contributed by atoms with van der Waals surface area (Å²) < 4.78 is 5.94. The van der Waals surface area contributed by atoms with Crippen LogP contribution in [0.4, 0.5) is 0 Å². The van der Waals surface area contributed by atoms with Crippen LogP contribution in [-0.2, 0) is 4.74 Å². The molecular weight excluding hydrogens is 248 g/mol. The summed E-state index contributed by atoms with van der Waals surface area (Å²) in [4.78, 5) is 2.71. The standard InChI is InChI=1S/C17H34N2O/c1-6-13(2)15-12-19(9-10-20-17(3,4)5)16(11-18-15)14-7-8-14/h13-16,18H,6-12H2,1-5H3. The van der Waals surface area contributed by atoms with Gasteiger partial charge in [0.1, 0.15) is 0 Å². The number of hydrogen-bond acceptors (Lipinski definition) is 3. The molecule has 3 unspecified atom stereocenters. The van der Waals surface area contributed by atoms with Gasteiger partial charge in [-0.1, -0.05) is 20.3 Å². The molecule has 3 atom stereocenters. The van der Waals surface area contributed by atoms with Gasteiger partial charge in [0, 0.05) is 31.7 Å². The van der Waals surface area contributed by atoms with Gasteiger partial charge in [0.2, 0.25) is 0 Å². The molecule has 0 radical (unpaired) electrons. The van der Waals surface area contributed by atoms with E-state index >= 15 is 0 Å². The van der Waals surface area contributed by atoms with E-state index in [-0.39, 0.29) is 5.60 Å². The van der Waals surface area contributed by atoms with Crippen molar-refractivity contribution < 1.29 is 4.74 Å². The van der Waals surface area contributed by atoms with E-state index in [0.29, 0.717) is 6.04 Å². The first-order chi connectivity index (χ1) is 9.40. The van der Waals surface area contributed by atoms with E-state index in [1.807, 2.05) is 0 Å². The van der Waals surface area contributed by atoms with Crippen LogP contribution in [0, 0.1) is 11.8 Å². The number of nitrogens with zero attached hydrogens (tertiary/aromatic N) is 1. The van der Waals surface area contributed by atoms with E-state index in [9.17, 15) is 0 Å². The molecule has 2 fully saturated rings. The first kappa shape index (κ1) is 16.3. The van der Waals surface area contributed by atoms with Crippen LogP contribution in [0.1, 0.15) is 53.9 Å². The maximum absolute atomic E-state index is 5.94. The number of nitrogens with one attached hydrogen (secondary N) is 1. The minimum atomic E-state index is -0.0147. The van der Waals surface area contributed by atoms with Crippen LogP contribution < -0.4 is 5.32 Å². The van der Waals surface area contributed by atoms with Crippen LogP contribution in [0.5, 0.6) is 0 Å². The molecule has 3 heteroatoms. The number of rotatable bonds is 6. The highest BCUT2D eigenvalue weighted by atomic mass is 16.5. The maximum Gasteiger partial charge on any atom is 0.0600 e. The third kappa shape index (κ3) is 4.71. The SMILES string of the molecule is CCC(C)C1CN(CCOC(C)(C)C)C(C2CC2)CN1. The van der Waals surface area contributed by atoms with Crippen molar-refractivity contribution >= 4 is 0 Å². The van der Waals surface area contributed by atoms with Gasteiger partial charge in [-0.25, -0.2) is 0 Å². The Morgan fingerprint density at radius 2 is 2.00 bits per heavy atom. The summed E-state index contributed by atoms with van der Waals surface area (Å²) in [5.41, 5.74) is -0.0147. The molecule has 0 amide bonds. The molecule has 1 heterocycles. The van der Waals surface area contributed by atoms with Crippen LogP contribution in [0.25, 0.3) is 0 Å². The Kier molecular flexibility index (Phi) is 5.49. The third-order valence-electron chi connectivity index (χ3n) is 4.90. The molecule has 2 aliphatic rings. The summed E-state index contributed by atoms with van der Waals surface area (Å²) >= 11 is 0. The molecule has 1 saturated carbocycles. The quantitative estimate of drug-likeness (QED) is 0.811. The van der Waals surface area contributed by atoms with Gasteiger partial charge in [0.05, 0.1) is 12.2 Å². The van der Waals surface area contributed by atoms with Gasteiger partial charge < -0.3 is 10.1 Å². The van der Waals surface area contributed by atoms with Gasteiger partial charge in [-0.2, -0.15) is 0 Å². The summed E-state index contributed by atoms with van der Waals surface area (Å²) in [6.07, 6.45) is 4.12. The second kappa shape index (κ2) is 6.76. The zero-order valence-electron chi connectivity index (χ0n) is 14.1. The Bertz CT molecular complexity index is 296. The van der Waals surface area contributed by atoms with E-state index in [1.54, 1.807) is 0 Å². The summed E-state index contributed by atoms with van der Waals surface area (Å²) in [5, 5.41) is 3.80. The molecule has 0 aromatic rings. The van der Waals surface area contributed by atoms with Crippen molar-refractivity contribution in [2.45, 2.75) is 71.6 Å². The van der Waals surface area contributed by atoms with Crippen molar-refractivity contribution in [2.75, 3.05) is 26.2 Å². The average molecular weight is 282 g/mol. The average Bonchev–Trinajstić information content (AvgIpc) is 3.20. The molecule has 3 nitrogen and oxygen atoms in total. The lowest BCUT2D eigenvalue weighted by atomic mass is 9.94. The summed E-state index contributed by atoms with van der Waals surface area (Å²) in [7, 11) is 0. The first-order valence-corrected chi connectivity index (χ1v) is 8.52. The first-order valence-electron chi connectivity index (χ1n) is 8.52. The third-order valence-corrected chi connectivity index (χ3v) is 4.90. The zero-order valence-corrected chi connectivity index (χ0v) is 14.1. The monoisotopic (exact) mass is 282 g/mol. The number of hydrogen-bond donors (Lipinski definition) is 1. The van der Waals surface area contributed by atoms with Crippen molar-refractivity contribution in [3.63, 3.8) is 0 Å². The van der Waals surface area contributed by atoms with Gasteiger partial charge in [-0.15, -0.1) is 0 Å². The van der Waals surface area contributed by atoms with Gasteiger partial charge in [-0.3, -0.25) is 4.90 Å². The molecule has 1 saturated heterocycles. The summed E-state index contributed by atoms with van der Waals surface area (Å²) in [6.45, 7) is 15.4. The second-order valence-corrected chi connectivity index (χ2v) is 7.76. The Balaban J connectivity index is 1.86. The molecular formula is C17H34N2O.